The fourth-order valence-corrected chi connectivity index (χ4v) is 5.67. The molecule has 5 rings (SSSR count). The summed E-state index contributed by atoms with van der Waals surface area (Å²) in [6.07, 6.45) is 7.52. The van der Waals surface area contributed by atoms with Crippen LogP contribution in [0, 0.1) is 11.7 Å². The second kappa shape index (κ2) is 11.6. The molecule has 3 aliphatic rings. The Balaban J connectivity index is 1.15. The molecule has 2 atom stereocenters. The second-order valence-corrected chi connectivity index (χ2v) is 10.8. The summed E-state index contributed by atoms with van der Waals surface area (Å²) in [5, 5.41) is 15.8. The number of likely N-dealkylation sites (tertiary alicyclic amines) is 1. The zero-order valence-corrected chi connectivity index (χ0v) is 21.3. The van der Waals surface area contributed by atoms with Crippen LogP contribution in [0.5, 0.6) is 0 Å². The number of aryl methyl sites for hydroxylation is 2. The van der Waals surface area contributed by atoms with Gasteiger partial charge in [-0.15, -0.1) is 0 Å². The van der Waals surface area contributed by atoms with Crippen molar-refractivity contribution in [2.75, 3.05) is 31.5 Å². The number of carboxylic acids is 1. The predicted molar refractivity (Wildman–Crippen MR) is 140 cm³/mol. The molecule has 1 aromatic carbocycles. The first-order chi connectivity index (χ1) is 18.0. The van der Waals surface area contributed by atoms with Crippen molar-refractivity contribution >= 4 is 17.7 Å². The van der Waals surface area contributed by atoms with Crippen LogP contribution in [0.4, 0.5) is 10.2 Å². The number of fused-ring (bicyclic) bond motifs is 1. The lowest BCUT2D eigenvalue weighted by atomic mass is 9.94. The summed E-state index contributed by atoms with van der Waals surface area (Å²) in [4.78, 5) is 31.9. The Morgan fingerprint density at radius 2 is 2.05 bits per heavy atom. The molecule has 37 heavy (non-hydrogen) atoms. The summed E-state index contributed by atoms with van der Waals surface area (Å²) in [5.74, 6) is -0.300. The van der Waals surface area contributed by atoms with E-state index in [1.54, 1.807) is 12.1 Å². The minimum Gasteiger partial charge on any atom is -0.481 e. The maximum absolute atomic E-state index is 14.3. The van der Waals surface area contributed by atoms with Gasteiger partial charge in [0.05, 0.1) is 18.4 Å². The number of carbonyl (C=O) groups is 2. The molecule has 198 valence electrons. The van der Waals surface area contributed by atoms with E-state index in [4.69, 9.17) is 4.98 Å². The molecular formula is C29H37FN4O3. The van der Waals surface area contributed by atoms with Gasteiger partial charge in [-0.2, -0.15) is 0 Å². The van der Waals surface area contributed by atoms with Gasteiger partial charge >= 0.3 is 5.97 Å². The van der Waals surface area contributed by atoms with E-state index >= 15 is 0 Å². The number of piperidine rings is 1. The van der Waals surface area contributed by atoms with Gasteiger partial charge in [0, 0.05) is 18.8 Å². The van der Waals surface area contributed by atoms with Gasteiger partial charge in [0.1, 0.15) is 11.6 Å². The average Bonchev–Trinajstić information content (AvgIpc) is 3.74. The molecule has 3 N–H and O–H groups in total. The highest BCUT2D eigenvalue weighted by Gasteiger charge is 2.30. The molecule has 8 heteroatoms. The van der Waals surface area contributed by atoms with Gasteiger partial charge in [-0.1, -0.05) is 18.2 Å². The van der Waals surface area contributed by atoms with Gasteiger partial charge in [0.2, 0.25) is 5.91 Å². The van der Waals surface area contributed by atoms with Crippen molar-refractivity contribution in [2.45, 2.75) is 69.7 Å². The number of pyridine rings is 1. The molecule has 0 bridgehead atoms. The molecule has 3 heterocycles. The van der Waals surface area contributed by atoms with Crippen molar-refractivity contribution in [3.63, 3.8) is 0 Å². The molecule has 0 radical (unpaired) electrons. The van der Waals surface area contributed by atoms with Crippen molar-refractivity contribution in [3.8, 4) is 0 Å². The van der Waals surface area contributed by atoms with E-state index in [2.05, 4.69) is 27.7 Å². The Labute approximate surface area is 217 Å². The largest absolute Gasteiger partial charge is 0.481 e. The van der Waals surface area contributed by atoms with Gasteiger partial charge in [0.25, 0.3) is 0 Å². The summed E-state index contributed by atoms with van der Waals surface area (Å²) >= 11 is 0. The Kier molecular flexibility index (Phi) is 8.03. The standard InChI is InChI=1S/C29H37FN4O3/c30-25-12-10-21(16-24(25)19-7-8-19)26(17-27(35)36)33-29(37)22-5-2-14-34(18-22)15-3-6-23-11-9-20-4-1-13-31-28(20)32-23/h9-12,16,19,22,26H,1-8,13-15,17-18H2,(H,31,32)(H,33,37)(H,35,36)/t22-,26?/m1/s1. The highest BCUT2D eigenvalue weighted by atomic mass is 19.1. The number of aromatic nitrogens is 1. The number of aliphatic carboxylic acids is 1. The van der Waals surface area contributed by atoms with Crippen LogP contribution in [0.3, 0.4) is 0 Å². The summed E-state index contributed by atoms with van der Waals surface area (Å²) in [5.41, 5.74) is 3.69. The smallest absolute Gasteiger partial charge is 0.305 e. The highest BCUT2D eigenvalue weighted by Crippen LogP contribution is 2.42. The Bertz CT molecular complexity index is 1140. The second-order valence-electron chi connectivity index (χ2n) is 10.8. The number of rotatable bonds is 10. The quantitative estimate of drug-likeness (QED) is 0.440. The molecule has 7 nitrogen and oxygen atoms in total. The highest BCUT2D eigenvalue weighted by molar-refractivity contribution is 5.80. The van der Waals surface area contributed by atoms with E-state index in [0.717, 1.165) is 82.5 Å². The monoisotopic (exact) mass is 508 g/mol. The normalized spacial score (nSPS) is 20.5. The summed E-state index contributed by atoms with van der Waals surface area (Å²) < 4.78 is 14.3. The van der Waals surface area contributed by atoms with Gasteiger partial charge in [0.15, 0.2) is 0 Å². The number of halogens is 1. The zero-order chi connectivity index (χ0) is 25.8. The van der Waals surface area contributed by atoms with Crippen LogP contribution in [0.15, 0.2) is 30.3 Å². The summed E-state index contributed by atoms with van der Waals surface area (Å²) in [7, 11) is 0. The lowest BCUT2D eigenvalue weighted by Crippen LogP contribution is -2.44. The van der Waals surface area contributed by atoms with E-state index in [1.807, 2.05) is 0 Å². The number of anilines is 1. The van der Waals surface area contributed by atoms with Gasteiger partial charge < -0.3 is 20.6 Å². The first kappa shape index (κ1) is 25.6. The Morgan fingerprint density at radius 3 is 2.86 bits per heavy atom. The molecule has 2 aromatic rings. The van der Waals surface area contributed by atoms with Crippen LogP contribution in [-0.2, 0) is 22.4 Å². The summed E-state index contributed by atoms with van der Waals surface area (Å²) in [6.45, 7) is 3.51. The number of benzene rings is 1. The number of amides is 1. The maximum Gasteiger partial charge on any atom is 0.305 e. The van der Waals surface area contributed by atoms with Crippen molar-refractivity contribution in [1.82, 2.24) is 15.2 Å². The molecule has 1 aromatic heterocycles. The molecule has 0 spiro atoms. The van der Waals surface area contributed by atoms with E-state index < -0.39 is 12.0 Å². The fraction of sp³-hybridized carbons (Fsp3) is 0.552. The van der Waals surface area contributed by atoms with E-state index in [1.165, 1.54) is 11.6 Å². The van der Waals surface area contributed by atoms with Gasteiger partial charge in [-0.3, -0.25) is 9.59 Å². The van der Waals surface area contributed by atoms with Crippen molar-refractivity contribution in [3.05, 3.63) is 58.5 Å². The zero-order valence-electron chi connectivity index (χ0n) is 21.3. The molecule has 1 saturated heterocycles. The third kappa shape index (κ3) is 6.66. The molecule has 2 aliphatic heterocycles. The Morgan fingerprint density at radius 1 is 1.19 bits per heavy atom. The predicted octanol–water partition coefficient (Wildman–Crippen LogP) is 4.43. The van der Waals surface area contributed by atoms with Crippen LogP contribution >= 0.6 is 0 Å². The molecule has 1 amide bonds. The third-order valence-corrected chi connectivity index (χ3v) is 7.87. The van der Waals surface area contributed by atoms with Crippen LogP contribution in [0.25, 0.3) is 0 Å². The molecular weight excluding hydrogens is 471 g/mol. The third-order valence-electron chi connectivity index (χ3n) is 7.87. The lowest BCUT2D eigenvalue weighted by Gasteiger charge is -2.33. The van der Waals surface area contributed by atoms with Crippen LogP contribution < -0.4 is 10.6 Å². The van der Waals surface area contributed by atoms with Crippen LogP contribution in [0.2, 0.25) is 0 Å². The molecule has 2 fully saturated rings. The molecule has 1 aliphatic carbocycles. The van der Waals surface area contributed by atoms with Crippen molar-refractivity contribution in [2.24, 2.45) is 5.92 Å². The fourth-order valence-electron chi connectivity index (χ4n) is 5.67. The van der Waals surface area contributed by atoms with Gasteiger partial charge in [-0.25, -0.2) is 9.37 Å². The van der Waals surface area contributed by atoms with Crippen molar-refractivity contribution < 1.29 is 19.1 Å². The lowest BCUT2D eigenvalue weighted by molar-refractivity contribution is -0.138. The van der Waals surface area contributed by atoms with E-state index in [9.17, 15) is 19.1 Å². The van der Waals surface area contributed by atoms with Crippen LogP contribution in [-0.4, -0.2) is 53.0 Å². The number of carboxylic acid groups (broad SMARTS) is 1. The number of nitrogens with zero attached hydrogens (tertiary/aromatic N) is 2. The topological polar surface area (TPSA) is 94.6 Å². The van der Waals surface area contributed by atoms with Crippen LogP contribution in [0.1, 0.15) is 79.3 Å². The van der Waals surface area contributed by atoms with E-state index in [-0.39, 0.29) is 30.0 Å². The molecule has 1 saturated carbocycles. The Hall–Kier alpha value is -3.00. The first-order valence-electron chi connectivity index (χ1n) is 13.7. The average molecular weight is 509 g/mol. The van der Waals surface area contributed by atoms with E-state index in [0.29, 0.717) is 17.7 Å². The maximum atomic E-state index is 14.3. The molecule has 1 unspecified atom stereocenters. The minimum absolute atomic E-state index is 0.115. The number of carbonyl (C=O) groups excluding carboxylic acids is 1. The number of hydrogen-bond acceptors (Lipinski definition) is 5. The first-order valence-corrected chi connectivity index (χ1v) is 13.7. The SMILES string of the molecule is O=C(O)CC(NC(=O)[C@@H]1CCCN(CCCc2ccc3c(n2)NCCC3)C1)c1ccc(F)c(C2CC2)c1. The van der Waals surface area contributed by atoms with Gasteiger partial charge in [-0.05, 0) is 99.2 Å². The minimum atomic E-state index is -0.987. The number of nitrogens with one attached hydrogen (secondary N) is 2. The number of hydrogen-bond donors (Lipinski definition) is 3. The van der Waals surface area contributed by atoms with Crippen molar-refractivity contribution in [1.29, 1.82) is 0 Å². The summed E-state index contributed by atoms with van der Waals surface area (Å²) in [6, 6.07) is 8.41.